The molecule has 0 fully saturated rings. The molecule has 0 aliphatic rings. The number of benzene rings is 2. The molecule has 4 aromatic rings. The fourth-order valence-electron chi connectivity index (χ4n) is 2.94. The normalized spacial score (nSPS) is 11.7. The topological polar surface area (TPSA) is 102 Å². The first-order chi connectivity index (χ1) is 15.5. The van der Waals surface area contributed by atoms with Crippen molar-refractivity contribution in [2.45, 2.75) is 19.4 Å². The highest BCUT2D eigenvalue weighted by molar-refractivity contribution is 7.13. The van der Waals surface area contributed by atoms with E-state index in [0.29, 0.717) is 22.1 Å². The van der Waals surface area contributed by atoms with Crippen LogP contribution in [0.5, 0.6) is 0 Å². The summed E-state index contributed by atoms with van der Waals surface area (Å²) in [4.78, 5) is 33.1. The highest BCUT2D eigenvalue weighted by atomic mass is 35.5. The molecule has 0 bridgehead atoms. The van der Waals surface area contributed by atoms with E-state index in [4.69, 9.17) is 11.6 Å². The zero-order valence-electron chi connectivity index (χ0n) is 17.0. The monoisotopic (exact) mass is 466 g/mol. The summed E-state index contributed by atoms with van der Waals surface area (Å²) in [6, 6.07) is 13.9. The lowest BCUT2D eigenvalue weighted by Crippen LogP contribution is -2.24. The lowest BCUT2D eigenvalue weighted by molar-refractivity contribution is -0.119. The summed E-state index contributed by atoms with van der Waals surface area (Å²) in [6.45, 7) is 1.73. The number of halogens is 1. The molecular formula is C22H19ClN6O2S. The van der Waals surface area contributed by atoms with E-state index < -0.39 is 6.04 Å². The lowest BCUT2D eigenvalue weighted by atomic mass is 10.2. The highest BCUT2D eigenvalue weighted by Gasteiger charge is 2.16. The second-order valence-electron chi connectivity index (χ2n) is 6.97. The Morgan fingerprint density at radius 3 is 2.50 bits per heavy atom. The second-order valence-corrected chi connectivity index (χ2v) is 8.23. The fraction of sp³-hybridized carbons (Fsp3) is 0.136. The van der Waals surface area contributed by atoms with Crippen molar-refractivity contribution in [3.8, 4) is 10.6 Å². The van der Waals surface area contributed by atoms with Crippen molar-refractivity contribution in [3.05, 3.63) is 77.3 Å². The van der Waals surface area contributed by atoms with Gasteiger partial charge in [0.05, 0.1) is 17.1 Å². The molecule has 2 aromatic heterocycles. The van der Waals surface area contributed by atoms with Crippen molar-refractivity contribution in [3.63, 3.8) is 0 Å². The SMILES string of the molecule is CC(C(=O)Nc1ccc(NC(=O)Cc2csc(-c3ccccc3Cl)n2)cc1)n1cncn1. The third-order valence-corrected chi connectivity index (χ3v) is 5.90. The zero-order chi connectivity index (χ0) is 22.5. The average molecular weight is 467 g/mol. The van der Waals surface area contributed by atoms with Gasteiger partial charge in [0.1, 0.15) is 23.7 Å². The van der Waals surface area contributed by atoms with Crippen LogP contribution in [0, 0.1) is 0 Å². The molecule has 1 unspecified atom stereocenters. The predicted octanol–water partition coefficient (Wildman–Crippen LogP) is 4.44. The minimum Gasteiger partial charge on any atom is -0.326 e. The number of carbonyl (C=O) groups is 2. The van der Waals surface area contributed by atoms with Gasteiger partial charge in [-0.3, -0.25) is 9.59 Å². The summed E-state index contributed by atoms with van der Waals surface area (Å²) in [5.74, 6) is -0.400. The maximum absolute atomic E-state index is 12.4. The lowest BCUT2D eigenvalue weighted by Gasteiger charge is -2.12. The van der Waals surface area contributed by atoms with Crippen molar-refractivity contribution < 1.29 is 9.59 Å². The molecule has 2 aromatic carbocycles. The van der Waals surface area contributed by atoms with E-state index in [9.17, 15) is 9.59 Å². The number of anilines is 2. The zero-order valence-corrected chi connectivity index (χ0v) is 18.6. The number of hydrogen-bond donors (Lipinski definition) is 2. The van der Waals surface area contributed by atoms with Gasteiger partial charge in [-0.1, -0.05) is 29.8 Å². The van der Waals surface area contributed by atoms with Gasteiger partial charge in [-0.25, -0.2) is 14.6 Å². The van der Waals surface area contributed by atoms with Crippen LogP contribution in [0.15, 0.2) is 66.6 Å². The van der Waals surface area contributed by atoms with Crippen LogP contribution in [0.3, 0.4) is 0 Å². The molecule has 0 saturated carbocycles. The molecule has 0 spiro atoms. The number of hydrogen-bond acceptors (Lipinski definition) is 6. The van der Waals surface area contributed by atoms with E-state index in [2.05, 4.69) is 25.7 Å². The minimum atomic E-state index is -0.495. The first-order valence-corrected chi connectivity index (χ1v) is 11.0. The van der Waals surface area contributed by atoms with E-state index in [1.54, 1.807) is 31.2 Å². The van der Waals surface area contributed by atoms with Gasteiger partial charge in [0, 0.05) is 22.3 Å². The minimum absolute atomic E-state index is 0.148. The quantitative estimate of drug-likeness (QED) is 0.419. The molecule has 0 radical (unpaired) electrons. The van der Waals surface area contributed by atoms with Gasteiger partial charge in [0.15, 0.2) is 0 Å². The van der Waals surface area contributed by atoms with Crippen LogP contribution in [0.1, 0.15) is 18.7 Å². The molecule has 2 N–H and O–H groups in total. The Morgan fingerprint density at radius 1 is 1.09 bits per heavy atom. The fourth-order valence-corrected chi connectivity index (χ4v) is 4.08. The van der Waals surface area contributed by atoms with Crippen LogP contribution in [0.4, 0.5) is 11.4 Å². The summed E-state index contributed by atoms with van der Waals surface area (Å²) in [7, 11) is 0. The Hall–Kier alpha value is -3.56. The number of thiazole rings is 1. The number of amides is 2. The van der Waals surface area contributed by atoms with Gasteiger partial charge in [-0.05, 0) is 37.3 Å². The summed E-state index contributed by atoms with van der Waals surface area (Å²) < 4.78 is 1.47. The molecule has 2 heterocycles. The molecule has 0 aliphatic carbocycles. The van der Waals surface area contributed by atoms with Crippen molar-refractivity contribution >= 4 is 46.1 Å². The molecule has 1 atom stereocenters. The molecule has 32 heavy (non-hydrogen) atoms. The molecule has 0 saturated heterocycles. The van der Waals surface area contributed by atoms with Crippen LogP contribution in [-0.2, 0) is 16.0 Å². The first-order valence-electron chi connectivity index (χ1n) is 9.74. The number of rotatable bonds is 7. The third-order valence-electron chi connectivity index (χ3n) is 4.65. The number of carbonyl (C=O) groups excluding carboxylic acids is 2. The van der Waals surface area contributed by atoms with Gasteiger partial charge in [0.25, 0.3) is 0 Å². The number of aromatic nitrogens is 4. The van der Waals surface area contributed by atoms with Crippen LogP contribution in [-0.4, -0.2) is 31.6 Å². The summed E-state index contributed by atoms with van der Waals surface area (Å²) in [5, 5.41) is 12.9. The summed E-state index contributed by atoms with van der Waals surface area (Å²) in [5.41, 5.74) is 2.76. The third kappa shape index (κ3) is 5.19. The van der Waals surface area contributed by atoms with Crippen molar-refractivity contribution in [1.29, 1.82) is 0 Å². The second kappa shape index (κ2) is 9.71. The van der Waals surface area contributed by atoms with Gasteiger partial charge in [-0.2, -0.15) is 5.10 Å². The number of nitrogens with zero attached hydrogens (tertiary/aromatic N) is 4. The van der Waals surface area contributed by atoms with Crippen molar-refractivity contribution in [2.24, 2.45) is 0 Å². The molecule has 162 valence electrons. The Morgan fingerprint density at radius 2 is 1.81 bits per heavy atom. The van der Waals surface area contributed by atoms with E-state index in [0.717, 1.165) is 10.6 Å². The predicted molar refractivity (Wildman–Crippen MR) is 125 cm³/mol. The standard InChI is InChI=1S/C22H19ClN6O2S/c1-14(29-13-24-12-25-29)21(31)27-16-8-6-15(7-9-16)26-20(30)10-17-11-32-22(28-17)18-4-2-3-5-19(18)23/h2-9,11-14H,10H2,1H3,(H,26,30)(H,27,31). The van der Waals surface area contributed by atoms with Gasteiger partial charge >= 0.3 is 0 Å². The summed E-state index contributed by atoms with van der Waals surface area (Å²) >= 11 is 7.67. The van der Waals surface area contributed by atoms with Crippen molar-refractivity contribution in [2.75, 3.05) is 10.6 Å². The van der Waals surface area contributed by atoms with Gasteiger partial charge in [-0.15, -0.1) is 11.3 Å². The molecule has 8 nitrogen and oxygen atoms in total. The molecule has 4 rings (SSSR count). The van der Waals surface area contributed by atoms with Gasteiger partial charge in [0.2, 0.25) is 11.8 Å². The molecule has 2 amide bonds. The van der Waals surface area contributed by atoms with E-state index in [-0.39, 0.29) is 18.2 Å². The van der Waals surface area contributed by atoms with E-state index in [1.807, 2.05) is 29.6 Å². The van der Waals surface area contributed by atoms with E-state index >= 15 is 0 Å². The Labute approximate surface area is 193 Å². The highest BCUT2D eigenvalue weighted by Crippen LogP contribution is 2.30. The largest absolute Gasteiger partial charge is 0.326 e. The van der Waals surface area contributed by atoms with Crippen LogP contribution in [0.25, 0.3) is 10.6 Å². The summed E-state index contributed by atoms with van der Waals surface area (Å²) in [6.07, 6.45) is 3.02. The smallest absolute Gasteiger partial charge is 0.249 e. The first kappa shape index (κ1) is 21.7. The van der Waals surface area contributed by atoms with Gasteiger partial charge < -0.3 is 10.6 Å². The Balaban J connectivity index is 1.32. The molecular weight excluding hydrogens is 448 g/mol. The average Bonchev–Trinajstić information content (AvgIpc) is 3.47. The number of nitrogens with one attached hydrogen (secondary N) is 2. The molecule has 0 aliphatic heterocycles. The molecule has 10 heteroatoms. The Kier molecular flexibility index (Phi) is 6.58. The van der Waals surface area contributed by atoms with Crippen LogP contribution >= 0.6 is 22.9 Å². The van der Waals surface area contributed by atoms with Crippen LogP contribution in [0.2, 0.25) is 5.02 Å². The maximum atomic E-state index is 12.4. The van der Waals surface area contributed by atoms with Crippen LogP contribution < -0.4 is 10.6 Å². The van der Waals surface area contributed by atoms with Crippen molar-refractivity contribution in [1.82, 2.24) is 19.7 Å². The Bertz CT molecular complexity index is 1220. The van der Waals surface area contributed by atoms with E-state index in [1.165, 1.54) is 28.7 Å². The maximum Gasteiger partial charge on any atom is 0.249 e.